The molecule has 24 heavy (non-hydrogen) atoms. The molecule has 1 fully saturated rings. The van der Waals surface area contributed by atoms with Crippen molar-refractivity contribution in [3.05, 3.63) is 6.33 Å². The third-order valence-corrected chi connectivity index (χ3v) is 4.13. The van der Waals surface area contributed by atoms with E-state index in [1.807, 2.05) is 11.5 Å². The van der Waals surface area contributed by atoms with Gasteiger partial charge in [0.2, 0.25) is 11.8 Å². The predicted octanol–water partition coefficient (Wildman–Crippen LogP) is 1.96. The lowest BCUT2D eigenvalue weighted by molar-refractivity contribution is -0.0294. The molecule has 2 N–H and O–H groups in total. The molecule has 2 aromatic heterocycles. The molecule has 0 aromatic carbocycles. The van der Waals surface area contributed by atoms with Gasteiger partial charge in [0.25, 0.3) is 0 Å². The van der Waals surface area contributed by atoms with Gasteiger partial charge in [-0.05, 0) is 19.8 Å². The van der Waals surface area contributed by atoms with Crippen LogP contribution in [0.5, 0.6) is 5.88 Å². The van der Waals surface area contributed by atoms with Crippen molar-refractivity contribution >= 4 is 17.1 Å². The Labute approximate surface area is 141 Å². The summed E-state index contributed by atoms with van der Waals surface area (Å²) >= 11 is 0. The van der Waals surface area contributed by atoms with Gasteiger partial charge in [0, 0.05) is 12.5 Å². The molecule has 8 heteroatoms. The fraction of sp³-hybridized carbons (Fsp3) is 0.688. The Morgan fingerprint density at radius 1 is 1.42 bits per heavy atom. The highest BCUT2D eigenvalue weighted by atomic mass is 16.5. The van der Waals surface area contributed by atoms with Gasteiger partial charge >= 0.3 is 0 Å². The van der Waals surface area contributed by atoms with Crippen LogP contribution in [0.25, 0.3) is 11.2 Å². The lowest BCUT2D eigenvalue weighted by atomic mass is 10.1. The van der Waals surface area contributed by atoms with E-state index in [1.54, 1.807) is 6.33 Å². The maximum Gasteiger partial charge on any atom is 0.247 e. The van der Waals surface area contributed by atoms with Crippen LogP contribution in [0.3, 0.4) is 0 Å². The second-order valence-electron chi connectivity index (χ2n) is 6.08. The quantitative estimate of drug-likeness (QED) is 0.798. The summed E-state index contributed by atoms with van der Waals surface area (Å²) in [6.07, 6.45) is 3.16. The number of nitrogens with zero attached hydrogens (tertiary/aromatic N) is 4. The Morgan fingerprint density at radius 2 is 2.25 bits per heavy atom. The van der Waals surface area contributed by atoms with Crippen LogP contribution in [0, 0.1) is 5.92 Å². The highest BCUT2D eigenvalue weighted by molar-refractivity contribution is 5.77. The van der Waals surface area contributed by atoms with Gasteiger partial charge in [-0.2, -0.15) is 9.97 Å². The summed E-state index contributed by atoms with van der Waals surface area (Å²) in [5.41, 5.74) is 1.31. The fourth-order valence-electron chi connectivity index (χ4n) is 3.01. The Bertz CT molecular complexity index is 690. The zero-order valence-electron chi connectivity index (χ0n) is 14.4. The molecule has 8 nitrogen and oxygen atoms in total. The third-order valence-electron chi connectivity index (χ3n) is 4.13. The first-order valence-corrected chi connectivity index (χ1v) is 8.55. The van der Waals surface area contributed by atoms with Crippen molar-refractivity contribution < 1.29 is 14.6 Å². The van der Waals surface area contributed by atoms with E-state index in [0.29, 0.717) is 29.6 Å². The predicted molar refractivity (Wildman–Crippen MR) is 90.0 cm³/mol. The van der Waals surface area contributed by atoms with Gasteiger partial charge in [0.15, 0.2) is 11.2 Å². The Kier molecular flexibility index (Phi) is 5.15. The number of aromatic nitrogens is 4. The van der Waals surface area contributed by atoms with Crippen LogP contribution in [0.2, 0.25) is 0 Å². The molecule has 3 unspecified atom stereocenters. The standard InChI is InChI=1S/C16H25N5O3/c1-4-6-17-16-19-13-12(14(20-16)23-5-2)18-9-21(13)15-10(3)7-11(8-22)24-15/h9-11,15,22H,4-8H2,1-3H3,(H,17,19,20). The number of aliphatic hydroxyl groups is 1. The zero-order chi connectivity index (χ0) is 17.1. The topological polar surface area (TPSA) is 94.3 Å². The van der Waals surface area contributed by atoms with Gasteiger partial charge in [-0.25, -0.2) is 4.98 Å². The van der Waals surface area contributed by atoms with Crippen molar-refractivity contribution in [3.8, 4) is 5.88 Å². The number of aliphatic hydroxyl groups excluding tert-OH is 1. The number of fused-ring (bicyclic) bond motifs is 1. The van der Waals surface area contributed by atoms with Gasteiger partial charge in [-0.15, -0.1) is 0 Å². The van der Waals surface area contributed by atoms with Crippen LogP contribution < -0.4 is 10.1 Å². The van der Waals surface area contributed by atoms with E-state index in [9.17, 15) is 5.11 Å². The minimum Gasteiger partial charge on any atom is -0.476 e. The average molecular weight is 335 g/mol. The molecule has 0 aliphatic carbocycles. The van der Waals surface area contributed by atoms with Gasteiger partial charge in [0.05, 0.1) is 25.6 Å². The molecule has 2 aromatic rings. The van der Waals surface area contributed by atoms with Crippen molar-refractivity contribution in [2.45, 2.75) is 45.9 Å². The van der Waals surface area contributed by atoms with Crippen molar-refractivity contribution in [1.82, 2.24) is 19.5 Å². The van der Waals surface area contributed by atoms with Gasteiger partial charge in [-0.3, -0.25) is 4.57 Å². The maximum absolute atomic E-state index is 9.36. The molecule has 1 aliphatic heterocycles. The van der Waals surface area contributed by atoms with Gasteiger partial charge in [-0.1, -0.05) is 13.8 Å². The van der Waals surface area contributed by atoms with Crippen LogP contribution in [0.4, 0.5) is 5.95 Å². The van der Waals surface area contributed by atoms with E-state index in [2.05, 4.69) is 34.1 Å². The molecular formula is C16H25N5O3. The minimum absolute atomic E-state index is 0.0238. The molecule has 0 radical (unpaired) electrons. The number of ether oxygens (including phenoxy) is 2. The Balaban J connectivity index is 2.01. The van der Waals surface area contributed by atoms with Crippen LogP contribution in [0.15, 0.2) is 6.33 Å². The molecular weight excluding hydrogens is 310 g/mol. The number of imidazole rings is 1. The number of nitrogens with one attached hydrogen (secondary N) is 1. The van der Waals surface area contributed by atoms with Crippen molar-refractivity contribution in [1.29, 1.82) is 0 Å². The summed E-state index contributed by atoms with van der Waals surface area (Å²) in [5.74, 6) is 1.26. The highest BCUT2D eigenvalue weighted by Gasteiger charge is 2.34. The van der Waals surface area contributed by atoms with Crippen molar-refractivity contribution in [2.75, 3.05) is 25.1 Å². The number of hydrogen-bond acceptors (Lipinski definition) is 7. The Morgan fingerprint density at radius 3 is 2.92 bits per heavy atom. The second-order valence-corrected chi connectivity index (χ2v) is 6.08. The second kappa shape index (κ2) is 7.31. The smallest absolute Gasteiger partial charge is 0.247 e. The lowest BCUT2D eigenvalue weighted by Gasteiger charge is -2.17. The fourth-order valence-corrected chi connectivity index (χ4v) is 3.01. The van der Waals surface area contributed by atoms with E-state index < -0.39 is 0 Å². The molecule has 0 bridgehead atoms. The minimum atomic E-state index is -0.199. The monoisotopic (exact) mass is 335 g/mol. The number of anilines is 1. The molecule has 1 saturated heterocycles. The average Bonchev–Trinajstić information content (AvgIpc) is 3.16. The summed E-state index contributed by atoms with van der Waals surface area (Å²) < 4.78 is 13.5. The van der Waals surface area contributed by atoms with E-state index >= 15 is 0 Å². The molecule has 3 rings (SSSR count). The zero-order valence-corrected chi connectivity index (χ0v) is 14.4. The molecule has 1 aliphatic rings. The van der Waals surface area contributed by atoms with E-state index in [-0.39, 0.29) is 24.9 Å². The van der Waals surface area contributed by atoms with Crippen LogP contribution >= 0.6 is 0 Å². The normalized spacial score (nSPS) is 23.8. The first-order valence-electron chi connectivity index (χ1n) is 8.55. The molecule has 0 saturated carbocycles. The van der Waals surface area contributed by atoms with Gasteiger partial charge < -0.3 is 19.9 Å². The molecule has 0 spiro atoms. The summed E-state index contributed by atoms with van der Waals surface area (Å²) in [5, 5.41) is 12.6. The Hall–Kier alpha value is -1.93. The molecule has 3 atom stereocenters. The van der Waals surface area contributed by atoms with E-state index in [1.165, 1.54) is 0 Å². The SMILES string of the molecule is CCCNc1nc(OCC)c2ncn(C3OC(CO)CC3C)c2n1. The molecule has 132 valence electrons. The first-order chi connectivity index (χ1) is 11.7. The summed E-state index contributed by atoms with van der Waals surface area (Å²) in [7, 11) is 0. The van der Waals surface area contributed by atoms with Gasteiger partial charge in [0.1, 0.15) is 6.23 Å². The largest absolute Gasteiger partial charge is 0.476 e. The summed E-state index contributed by atoms with van der Waals surface area (Å²) in [4.78, 5) is 13.4. The molecule has 3 heterocycles. The van der Waals surface area contributed by atoms with Crippen molar-refractivity contribution in [2.24, 2.45) is 5.92 Å². The maximum atomic E-state index is 9.36. The number of hydrogen-bond donors (Lipinski definition) is 2. The first kappa shape index (κ1) is 16.9. The third kappa shape index (κ3) is 3.16. The van der Waals surface area contributed by atoms with Crippen LogP contribution in [-0.2, 0) is 4.74 Å². The van der Waals surface area contributed by atoms with Crippen LogP contribution in [-0.4, -0.2) is 50.5 Å². The molecule has 0 amide bonds. The van der Waals surface area contributed by atoms with Crippen LogP contribution in [0.1, 0.15) is 39.8 Å². The summed E-state index contributed by atoms with van der Waals surface area (Å²) in [6, 6.07) is 0. The summed E-state index contributed by atoms with van der Waals surface area (Å²) in [6.45, 7) is 7.42. The van der Waals surface area contributed by atoms with E-state index in [0.717, 1.165) is 19.4 Å². The van der Waals surface area contributed by atoms with Crippen molar-refractivity contribution in [3.63, 3.8) is 0 Å². The van der Waals surface area contributed by atoms with E-state index in [4.69, 9.17) is 9.47 Å². The number of rotatable bonds is 7. The lowest BCUT2D eigenvalue weighted by Crippen LogP contribution is -2.16. The highest BCUT2D eigenvalue weighted by Crippen LogP contribution is 2.36.